The molecule has 4 heteroatoms. The van der Waals surface area contributed by atoms with Crippen molar-refractivity contribution in [2.75, 3.05) is 13.2 Å². The fourth-order valence-electron chi connectivity index (χ4n) is 2.52. The summed E-state index contributed by atoms with van der Waals surface area (Å²) >= 11 is 0. The van der Waals surface area contributed by atoms with Crippen molar-refractivity contribution in [3.05, 3.63) is 48.5 Å². The number of unbranched alkanes of at least 4 members (excludes halogenated alkanes) is 1. The zero-order valence-corrected chi connectivity index (χ0v) is 14.9. The fraction of sp³-hybridized carbons (Fsp3) is 0.333. The van der Waals surface area contributed by atoms with Crippen LogP contribution >= 0.6 is 0 Å². The van der Waals surface area contributed by atoms with Gasteiger partial charge in [-0.15, -0.1) is 0 Å². The van der Waals surface area contributed by atoms with E-state index in [1.54, 1.807) is 0 Å². The molecule has 0 aliphatic carbocycles. The zero-order chi connectivity index (χ0) is 17.5. The minimum atomic E-state index is 0.653. The van der Waals surface area contributed by atoms with E-state index in [0.29, 0.717) is 18.3 Å². The van der Waals surface area contributed by atoms with Gasteiger partial charge in [-0.3, -0.25) is 0 Å². The Morgan fingerprint density at radius 3 is 2.36 bits per heavy atom. The molecule has 0 bridgehead atoms. The predicted octanol–water partition coefficient (Wildman–Crippen LogP) is 5.26. The fourth-order valence-corrected chi connectivity index (χ4v) is 2.52. The molecule has 1 aromatic heterocycles. The summed E-state index contributed by atoms with van der Waals surface area (Å²) in [5, 5.41) is 0.949. The molecule has 0 fully saturated rings. The summed E-state index contributed by atoms with van der Waals surface area (Å²) in [6.07, 6.45) is 3.10. The third kappa shape index (κ3) is 4.27. The molecule has 2 aromatic carbocycles. The smallest absolute Gasteiger partial charge is 0.225 e. The van der Waals surface area contributed by atoms with Crippen molar-refractivity contribution in [3.8, 4) is 23.0 Å². The van der Waals surface area contributed by atoms with E-state index in [1.807, 2.05) is 48.5 Å². The van der Waals surface area contributed by atoms with Crippen molar-refractivity contribution in [1.82, 2.24) is 9.97 Å². The van der Waals surface area contributed by atoms with Crippen LogP contribution in [0.4, 0.5) is 0 Å². The number of aromatic nitrogens is 2. The van der Waals surface area contributed by atoms with Crippen LogP contribution in [0.5, 0.6) is 11.6 Å². The Balaban J connectivity index is 1.92. The summed E-state index contributed by atoms with van der Waals surface area (Å²) in [5.74, 6) is 2.19. The zero-order valence-electron chi connectivity index (χ0n) is 14.9. The first-order valence-electron chi connectivity index (χ1n) is 8.94. The van der Waals surface area contributed by atoms with Crippen LogP contribution in [-0.4, -0.2) is 23.2 Å². The number of rotatable bonds is 8. The van der Waals surface area contributed by atoms with Crippen molar-refractivity contribution in [1.29, 1.82) is 0 Å². The Kier molecular flexibility index (Phi) is 5.83. The van der Waals surface area contributed by atoms with Gasteiger partial charge in [-0.1, -0.05) is 32.4 Å². The van der Waals surface area contributed by atoms with Crippen LogP contribution in [0.3, 0.4) is 0 Å². The molecule has 0 aliphatic heterocycles. The molecular weight excluding hydrogens is 312 g/mol. The molecule has 0 radical (unpaired) electrons. The average molecular weight is 336 g/mol. The second-order valence-electron chi connectivity index (χ2n) is 5.94. The van der Waals surface area contributed by atoms with E-state index >= 15 is 0 Å². The van der Waals surface area contributed by atoms with E-state index in [0.717, 1.165) is 48.1 Å². The van der Waals surface area contributed by atoms with Gasteiger partial charge in [0.1, 0.15) is 5.75 Å². The highest BCUT2D eigenvalue weighted by molar-refractivity contribution is 5.85. The van der Waals surface area contributed by atoms with Crippen molar-refractivity contribution >= 4 is 10.9 Å². The van der Waals surface area contributed by atoms with Crippen LogP contribution in [0, 0.1) is 0 Å². The van der Waals surface area contributed by atoms with Gasteiger partial charge in [0.05, 0.1) is 24.1 Å². The van der Waals surface area contributed by atoms with E-state index in [4.69, 9.17) is 14.5 Å². The van der Waals surface area contributed by atoms with Crippen LogP contribution in [0.1, 0.15) is 33.1 Å². The average Bonchev–Trinajstić information content (AvgIpc) is 2.67. The van der Waals surface area contributed by atoms with Gasteiger partial charge in [-0.05, 0) is 49.2 Å². The van der Waals surface area contributed by atoms with Gasteiger partial charge in [-0.2, -0.15) is 4.98 Å². The molecule has 3 aromatic rings. The van der Waals surface area contributed by atoms with Gasteiger partial charge < -0.3 is 9.47 Å². The molecule has 0 saturated carbocycles. The van der Waals surface area contributed by atoms with Crippen molar-refractivity contribution in [3.63, 3.8) is 0 Å². The topological polar surface area (TPSA) is 44.2 Å². The second kappa shape index (κ2) is 8.47. The highest BCUT2D eigenvalue weighted by Crippen LogP contribution is 2.27. The van der Waals surface area contributed by atoms with Gasteiger partial charge >= 0.3 is 0 Å². The number of hydrogen-bond acceptors (Lipinski definition) is 4. The van der Waals surface area contributed by atoms with E-state index in [9.17, 15) is 0 Å². The minimum Gasteiger partial charge on any atom is -0.494 e. The van der Waals surface area contributed by atoms with Crippen molar-refractivity contribution in [2.24, 2.45) is 0 Å². The van der Waals surface area contributed by atoms with E-state index in [-0.39, 0.29) is 0 Å². The lowest BCUT2D eigenvalue weighted by Crippen LogP contribution is -2.02. The molecule has 0 spiro atoms. The van der Waals surface area contributed by atoms with Gasteiger partial charge in [0.15, 0.2) is 5.82 Å². The third-order valence-electron chi connectivity index (χ3n) is 3.89. The Bertz CT molecular complexity index is 816. The third-order valence-corrected chi connectivity index (χ3v) is 3.89. The standard InChI is InChI=1S/C21H24N2O2/c1-3-5-15-25-21-18-8-6-7-9-19(18)22-20(23-21)16-10-12-17(13-11-16)24-14-4-2/h6-13H,3-5,14-15H2,1-2H3. The highest BCUT2D eigenvalue weighted by atomic mass is 16.5. The summed E-state index contributed by atoms with van der Waals surface area (Å²) in [4.78, 5) is 9.35. The molecule has 25 heavy (non-hydrogen) atoms. The molecule has 0 aliphatic rings. The lowest BCUT2D eigenvalue weighted by atomic mass is 10.2. The summed E-state index contributed by atoms with van der Waals surface area (Å²) in [6, 6.07) is 15.9. The van der Waals surface area contributed by atoms with Crippen LogP contribution in [-0.2, 0) is 0 Å². The van der Waals surface area contributed by atoms with Gasteiger partial charge in [0.2, 0.25) is 5.88 Å². The Hall–Kier alpha value is -2.62. The van der Waals surface area contributed by atoms with E-state index in [2.05, 4.69) is 18.8 Å². The Morgan fingerprint density at radius 1 is 0.800 bits per heavy atom. The minimum absolute atomic E-state index is 0.653. The maximum Gasteiger partial charge on any atom is 0.225 e. The first-order chi connectivity index (χ1) is 12.3. The van der Waals surface area contributed by atoms with E-state index in [1.165, 1.54) is 0 Å². The molecule has 3 rings (SSSR count). The Morgan fingerprint density at radius 2 is 1.60 bits per heavy atom. The SMILES string of the molecule is CCCCOc1nc(-c2ccc(OCCC)cc2)nc2ccccc12. The van der Waals surface area contributed by atoms with Crippen LogP contribution < -0.4 is 9.47 Å². The molecule has 0 amide bonds. The summed E-state index contributed by atoms with van der Waals surface area (Å²) in [5.41, 5.74) is 1.85. The van der Waals surface area contributed by atoms with Gasteiger partial charge in [0, 0.05) is 5.56 Å². The number of nitrogens with zero attached hydrogens (tertiary/aromatic N) is 2. The van der Waals surface area contributed by atoms with Crippen LogP contribution in [0.25, 0.3) is 22.3 Å². The quantitative estimate of drug-likeness (QED) is 0.526. The number of fused-ring (bicyclic) bond motifs is 1. The van der Waals surface area contributed by atoms with E-state index < -0.39 is 0 Å². The molecule has 4 nitrogen and oxygen atoms in total. The molecule has 130 valence electrons. The van der Waals surface area contributed by atoms with Gasteiger partial charge in [-0.25, -0.2) is 4.98 Å². The molecule has 0 atom stereocenters. The van der Waals surface area contributed by atoms with Crippen molar-refractivity contribution < 1.29 is 9.47 Å². The first-order valence-corrected chi connectivity index (χ1v) is 8.94. The number of benzene rings is 2. The molecular formula is C21H24N2O2. The largest absolute Gasteiger partial charge is 0.494 e. The first kappa shape index (κ1) is 17.2. The molecule has 1 heterocycles. The summed E-state index contributed by atoms with van der Waals surface area (Å²) < 4.78 is 11.6. The normalized spacial score (nSPS) is 10.8. The number of para-hydroxylation sites is 1. The molecule has 0 saturated heterocycles. The second-order valence-corrected chi connectivity index (χ2v) is 5.94. The lowest BCUT2D eigenvalue weighted by molar-refractivity contribution is 0.301. The summed E-state index contributed by atoms with van der Waals surface area (Å²) in [7, 11) is 0. The number of hydrogen-bond donors (Lipinski definition) is 0. The van der Waals surface area contributed by atoms with Crippen LogP contribution in [0.15, 0.2) is 48.5 Å². The van der Waals surface area contributed by atoms with Gasteiger partial charge in [0.25, 0.3) is 0 Å². The highest BCUT2D eigenvalue weighted by Gasteiger charge is 2.10. The Labute approximate surface area is 148 Å². The maximum absolute atomic E-state index is 5.92. The van der Waals surface area contributed by atoms with Crippen LogP contribution in [0.2, 0.25) is 0 Å². The predicted molar refractivity (Wildman–Crippen MR) is 101 cm³/mol. The number of ether oxygens (including phenoxy) is 2. The maximum atomic E-state index is 5.92. The lowest BCUT2D eigenvalue weighted by Gasteiger charge is -2.10. The molecule has 0 N–H and O–H groups in total. The summed E-state index contributed by atoms with van der Waals surface area (Å²) in [6.45, 7) is 5.63. The molecule has 0 unspecified atom stereocenters. The van der Waals surface area contributed by atoms with Crippen molar-refractivity contribution in [2.45, 2.75) is 33.1 Å². The monoisotopic (exact) mass is 336 g/mol.